The van der Waals surface area contributed by atoms with Crippen LogP contribution in [0.1, 0.15) is 33.7 Å². The highest BCUT2D eigenvalue weighted by Crippen LogP contribution is 2.32. The van der Waals surface area contributed by atoms with Gasteiger partial charge in [-0.15, -0.1) is 0 Å². The summed E-state index contributed by atoms with van der Waals surface area (Å²) in [6.45, 7) is 5.74. The van der Waals surface area contributed by atoms with E-state index in [1.165, 1.54) is 0 Å². The van der Waals surface area contributed by atoms with E-state index in [-0.39, 0.29) is 19.1 Å². The van der Waals surface area contributed by atoms with E-state index in [1.54, 1.807) is 29.2 Å². The number of carbonyl (C=O) groups is 1. The lowest BCUT2D eigenvalue weighted by Crippen LogP contribution is -2.37. The molecule has 2 bridgehead atoms. The largest absolute Gasteiger partial charge is 0.491 e. The number of aromatic nitrogens is 1. The summed E-state index contributed by atoms with van der Waals surface area (Å²) in [5.41, 5.74) is 6.82. The van der Waals surface area contributed by atoms with Crippen molar-refractivity contribution < 1.29 is 28.6 Å². The fourth-order valence-corrected chi connectivity index (χ4v) is 4.94. The smallest absolute Gasteiger partial charge is 0.260 e. The summed E-state index contributed by atoms with van der Waals surface area (Å²) in [5, 5.41) is 13.5. The summed E-state index contributed by atoms with van der Waals surface area (Å²) < 4.78 is 23.1. The molecule has 1 N–H and O–H groups in total. The number of hydrogen-bond donors (Lipinski definition) is 1. The highest BCUT2D eigenvalue weighted by Gasteiger charge is 2.18. The van der Waals surface area contributed by atoms with Gasteiger partial charge in [0.15, 0.2) is 6.61 Å². The molecular weight excluding hydrogens is 508 g/mol. The number of nitrogens with zero attached hydrogens (tertiary/aromatic N) is 2. The molecule has 0 aliphatic carbocycles. The molecule has 0 atom stereocenters. The van der Waals surface area contributed by atoms with Crippen LogP contribution in [0.5, 0.6) is 11.5 Å². The van der Waals surface area contributed by atoms with Gasteiger partial charge in [0.25, 0.3) is 5.91 Å². The van der Waals surface area contributed by atoms with E-state index in [2.05, 4.69) is 23.4 Å². The first kappa shape index (κ1) is 27.4. The number of ether oxygens (including phenoxy) is 3. The molecule has 0 saturated carbocycles. The molecule has 0 fully saturated rings. The van der Waals surface area contributed by atoms with Crippen molar-refractivity contribution in [2.24, 2.45) is 0 Å². The van der Waals surface area contributed by atoms with Crippen LogP contribution >= 0.6 is 0 Å². The molecule has 8 nitrogen and oxygen atoms in total. The predicted octanol–water partition coefficient (Wildman–Crippen LogP) is 4.86. The maximum Gasteiger partial charge on any atom is 0.260 e. The number of aliphatic hydroxyl groups excluding tert-OH is 1. The average molecular weight is 543 g/mol. The Balaban J connectivity index is 1.36. The highest BCUT2D eigenvalue weighted by molar-refractivity contribution is 5.77. The first-order valence-corrected chi connectivity index (χ1v) is 13.4. The molecule has 3 aromatic carbocycles. The highest BCUT2D eigenvalue weighted by atomic mass is 16.5. The average Bonchev–Trinajstić information content (AvgIpc) is 3.30. The van der Waals surface area contributed by atoms with E-state index < -0.39 is 0 Å². The van der Waals surface area contributed by atoms with Crippen LogP contribution in [0.3, 0.4) is 0 Å². The Kier molecular flexibility index (Phi) is 8.78. The van der Waals surface area contributed by atoms with Crippen LogP contribution in [-0.4, -0.2) is 54.0 Å². The van der Waals surface area contributed by atoms with Gasteiger partial charge in [-0.25, -0.2) is 0 Å². The van der Waals surface area contributed by atoms with Crippen molar-refractivity contribution in [3.8, 4) is 22.6 Å². The fraction of sp³-hybridized carbons (Fsp3) is 0.312. The van der Waals surface area contributed by atoms with E-state index in [0.29, 0.717) is 45.1 Å². The summed E-state index contributed by atoms with van der Waals surface area (Å²) in [4.78, 5) is 14.9. The molecule has 1 aliphatic heterocycles. The van der Waals surface area contributed by atoms with E-state index in [0.717, 1.165) is 50.6 Å². The van der Waals surface area contributed by atoms with E-state index in [1.807, 2.05) is 38.1 Å². The topological polar surface area (TPSA) is 94.3 Å². The maximum atomic E-state index is 13.2. The van der Waals surface area contributed by atoms with Gasteiger partial charge >= 0.3 is 0 Å². The van der Waals surface area contributed by atoms with Crippen molar-refractivity contribution in [3.05, 3.63) is 100 Å². The van der Waals surface area contributed by atoms with Gasteiger partial charge in [-0.1, -0.05) is 47.6 Å². The Morgan fingerprint density at radius 1 is 1.00 bits per heavy atom. The van der Waals surface area contributed by atoms with Gasteiger partial charge in [-0.2, -0.15) is 0 Å². The molecule has 1 aliphatic rings. The Morgan fingerprint density at radius 3 is 2.67 bits per heavy atom. The monoisotopic (exact) mass is 542 g/mol. The maximum absolute atomic E-state index is 13.2. The fourth-order valence-electron chi connectivity index (χ4n) is 4.94. The number of fused-ring (bicyclic) bond motifs is 3. The van der Waals surface area contributed by atoms with Crippen LogP contribution in [0.2, 0.25) is 0 Å². The predicted molar refractivity (Wildman–Crippen MR) is 150 cm³/mol. The second-order valence-corrected chi connectivity index (χ2v) is 9.89. The first-order chi connectivity index (χ1) is 19.5. The zero-order valence-corrected chi connectivity index (χ0v) is 22.9. The van der Waals surface area contributed by atoms with Crippen LogP contribution in [0, 0.1) is 13.8 Å². The molecule has 1 aromatic heterocycles. The Labute approximate surface area is 234 Å². The van der Waals surface area contributed by atoms with Crippen LogP contribution in [0.25, 0.3) is 11.1 Å². The Morgan fingerprint density at radius 2 is 1.85 bits per heavy atom. The minimum Gasteiger partial charge on any atom is -0.491 e. The second kappa shape index (κ2) is 12.8. The molecule has 0 unspecified atom stereocenters. The standard InChI is InChI=1S/C32H34N2O6/c1-22-32(23(2)40-33-22)27-9-10-30-28(18-27)16-24-5-3-6-25(15-24)19-34(11-12-37-13-14-38-30)31(36)21-39-29-8-4-7-26(17-29)20-35/h3-10,15,17-18,35H,11-14,16,19-21H2,1-2H3. The second-order valence-electron chi connectivity index (χ2n) is 9.89. The molecule has 8 heteroatoms. The van der Waals surface area contributed by atoms with E-state index >= 15 is 0 Å². The van der Waals surface area contributed by atoms with Crippen LogP contribution < -0.4 is 9.47 Å². The lowest BCUT2D eigenvalue weighted by Gasteiger charge is -2.24. The number of rotatable bonds is 5. The van der Waals surface area contributed by atoms with Crippen LogP contribution in [0.15, 0.2) is 71.3 Å². The molecule has 4 aromatic rings. The summed E-state index contributed by atoms with van der Waals surface area (Å²) in [5.74, 6) is 2.01. The van der Waals surface area contributed by atoms with Gasteiger partial charge < -0.3 is 28.7 Å². The normalized spacial score (nSPS) is 14.1. The molecular formula is C32H34N2O6. The number of benzene rings is 3. The lowest BCUT2D eigenvalue weighted by molar-refractivity contribution is -0.134. The number of aliphatic hydroxyl groups is 1. The Bertz CT molecular complexity index is 1440. The summed E-state index contributed by atoms with van der Waals surface area (Å²) in [6, 6.07) is 21.6. The SMILES string of the molecule is Cc1noc(C)c1-c1ccc2c(c1)Cc1cccc(c1)CN(C(=O)COc1cccc(CO)c1)CCOCCO2. The van der Waals surface area contributed by atoms with Crippen molar-refractivity contribution in [2.45, 2.75) is 33.4 Å². The third-order valence-electron chi connectivity index (χ3n) is 6.93. The van der Waals surface area contributed by atoms with Crippen LogP contribution in [-0.2, 0) is 29.1 Å². The zero-order chi connectivity index (χ0) is 27.9. The molecule has 208 valence electrons. The van der Waals surface area contributed by atoms with Gasteiger partial charge in [-0.3, -0.25) is 4.79 Å². The Hall–Kier alpha value is -4.14. The van der Waals surface area contributed by atoms with Gasteiger partial charge in [0.2, 0.25) is 0 Å². The van der Waals surface area contributed by atoms with E-state index in [4.69, 9.17) is 18.7 Å². The van der Waals surface area contributed by atoms with Gasteiger partial charge in [0.1, 0.15) is 23.9 Å². The molecule has 0 saturated heterocycles. The van der Waals surface area contributed by atoms with Gasteiger partial charge in [0.05, 0.1) is 25.5 Å². The molecule has 40 heavy (non-hydrogen) atoms. The quantitative estimate of drug-likeness (QED) is 0.385. The molecule has 1 amide bonds. The van der Waals surface area contributed by atoms with Crippen molar-refractivity contribution in [1.29, 1.82) is 0 Å². The lowest BCUT2D eigenvalue weighted by atomic mass is 9.96. The minimum absolute atomic E-state index is 0.0831. The number of amides is 1. The van der Waals surface area contributed by atoms with Crippen molar-refractivity contribution in [1.82, 2.24) is 10.1 Å². The summed E-state index contributed by atoms with van der Waals surface area (Å²) in [7, 11) is 0. The van der Waals surface area contributed by atoms with Crippen LogP contribution in [0.4, 0.5) is 0 Å². The first-order valence-electron chi connectivity index (χ1n) is 13.4. The van der Waals surface area contributed by atoms with Gasteiger partial charge in [-0.05, 0) is 65.9 Å². The molecule has 2 heterocycles. The molecule has 5 rings (SSSR count). The van der Waals surface area contributed by atoms with Gasteiger partial charge in [0, 0.05) is 25.1 Å². The van der Waals surface area contributed by atoms with Crippen molar-refractivity contribution in [3.63, 3.8) is 0 Å². The third kappa shape index (κ3) is 6.70. The summed E-state index contributed by atoms with van der Waals surface area (Å²) >= 11 is 0. The number of aryl methyl sites for hydroxylation is 2. The van der Waals surface area contributed by atoms with E-state index in [9.17, 15) is 9.90 Å². The molecule has 0 spiro atoms. The van der Waals surface area contributed by atoms with Crippen molar-refractivity contribution in [2.75, 3.05) is 33.0 Å². The minimum atomic E-state index is -0.138. The summed E-state index contributed by atoms with van der Waals surface area (Å²) in [6.07, 6.45) is 0.666. The number of hydrogen-bond acceptors (Lipinski definition) is 7. The molecule has 0 radical (unpaired) electrons. The number of carbonyl (C=O) groups excluding carboxylic acids is 1. The zero-order valence-electron chi connectivity index (χ0n) is 22.9. The third-order valence-corrected chi connectivity index (χ3v) is 6.93. The van der Waals surface area contributed by atoms with Crippen molar-refractivity contribution >= 4 is 5.91 Å².